The molecule has 2 heterocycles. The van der Waals surface area contributed by atoms with E-state index in [-0.39, 0.29) is 6.04 Å². The zero-order chi connectivity index (χ0) is 16.3. The Kier molecular flexibility index (Phi) is 5.04. The molecule has 23 heavy (non-hydrogen) atoms. The molecular formula is C17H22N2O2S2. The minimum atomic E-state index is -3.40. The van der Waals surface area contributed by atoms with Crippen molar-refractivity contribution in [1.82, 2.24) is 4.72 Å². The predicted molar refractivity (Wildman–Crippen MR) is 95.7 cm³/mol. The van der Waals surface area contributed by atoms with Crippen molar-refractivity contribution in [2.75, 3.05) is 18.0 Å². The van der Waals surface area contributed by atoms with Gasteiger partial charge in [0.1, 0.15) is 4.21 Å². The van der Waals surface area contributed by atoms with E-state index in [1.165, 1.54) is 17.0 Å². The lowest BCUT2D eigenvalue weighted by molar-refractivity contribution is 0.569. The number of sulfonamides is 1. The van der Waals surface area contributed by atoms with Gasteiger partial charge in [-0.3, -0.25) is 0 Å². The third kappa shape index (κ3) is 3.76. The first-order valence-electron chi connectivity index (χ1n) is 8.00. The summed E-state index contributed by atoms with van der Waals surface area (Å²) in [4.78, 5) is 3.39. The highest BCUT2D eigenvalue weighted by atomic mass is 32.2. The van der Waals surface area contributed by atoms with Crippen LogP contribution in [0.5, 0.6) is 0 Å². The van der Waals surface area contributed by atoms with Crippen LogP contribution in [0, 0.1) is 0 Å². The molecule has 1 aromatic carbocycles. The van der Waals surface area contributed by atoms with Crippen molar-refractivity contribution < 1.29 is 8.42 Å². The van der Waals surface area contributed by atoms with Crippen LogP contribution in [0.1, 0.15) is 24.6 Å². The fraction of sp³-hybridized carbons (Fsp3) is 0.412. The lowest BCUT2D eigenvalue weighted by Gasteiger charge is -2.26. The van der Waals surface area contributed by atoms with Gasteiger partial charge in [-0.05, 0) is 43.5 Å². The van der Waals surface area contributed by atoms with Gasteiger partial charge in [-0.1, -0.05) is 25.1 Å². The molecule has 0 aliphatic carbocycles. The molecule has 0 saturated carbocycles. The third-order valence-corrected chi connectivity index (χ3v) is 7.37. The zero-order valence-corrected chi connectivity index (χ0v) is 14.9. The Hall–Kier alpha value is -1.37. The third-order valence-electron chi connectivity index (χ3n) is 4.22. The molecule has 1 aliphatic heterocycles. The summed E-state index contributed by atoms with van der Waals surface area (Å²) in [5.41, 5.74) is 1.17. The van der Waals surface area contributed by atoms with E-state index in [4.69, 9.17) is 0 Å². The molecule has 4 nitrogen and oxygen atoms in total. The van der Waals surface area contributed by atoms with Gasteiger partial charge < -0.3 is 4.90 Å². The van der Waals surface area contributed by atoms with E-state index in [2.05, 4.69) is 21.8 Å². The maximum Gasteiger partial charge on any atom is 0.250 e. The van der Waals surface area contributed by atoms with E-state index in [1.54, 1.807) is 6.07 Å². The number of benzene rings is 1. The Morgan fingerprint density at radius 2 is 2.00 bits per heavy atom. The maximum absolute atomic E-state index is 12.4. The number of aryl methyl sites for hydroxylation is 1. The largest absolute Gasteiger partial charge is 0.367 e. The summed E-state index contributed by atoms with van der Waals surface area (Å²) in [6.45, 7) is 3.47. The average Bonchev–Trinajstić information content (AvgIpc) is 3.23. The molecular weight excluding hydrogens is 328 g/mol. The van der Waals surface area contributed by atoms with Gasteiger partial charge in [0.15, 0.2) is 0 Å². The summed E-state index contributed by atoms with van der Waals surface area (Å²) in [5, 5.41) is 0. The van der Waals surface area contributed by atoms with E-state index >= 15 is 0 Å². The molecule has 2 aromatic rings. The Balaban J connectivity index is 1.67. The van der Waals surface area contributed by atoms with Crippen LogP contribution in [0.15, 0.2) is 46.7 Å². The Bertz CT molecular complexity index is 741. The van der Waals surface area contributed by atoms with Gasteiger partial charge >= 0.3 is 0 Å². The normalized spacial score (nSPS) is 18.5. The monoisotopic (exact) mass is 350 g/mol. The van der Waals surface area contributed by atoms with E-state index < -0.39 is 10.0 Å². The van der Waals surface area contributed by atoms with Gasteiger partial charge in [0.25, 0.3) is 0 Å². The predicted octanol–water partition coefficient (Wildman–Crippen LogP) is 3.26. The smallest absolute Gasteiger partial charge is 0.250 e. The SMILES string of the molecule is CCc1ccc(S(=O)(=O)NCC2CCCN2c2ccccc2)s1. The molecule has 1 N–H and O–H groups in total. The number of thiophene rings is 1. The number of para-hydroxylation sites is 1. The molecule has 1 aliphatic rings. The minimum Gasteiger partial charge on any atom is -0.367 e. The van der Waals surface area contributed by atoms with E-state index in [0.717, 1.165) is 30.7 Å². The van der Waals surface area contributed by atoms with Gasteiger partial charge in [-0.25, -0.2) is 13.1 Å². The van der Waals surface area contributed by atoms with Crippen molar-refractivity contribution in [3.8, 4) is 0 Å². The fourth-order valence-corrected chi connectivity index (χ4v) is 5.39. The maximum atomic E-state index is 12.4. The quantitative estimate of drug-likeness (QED) is 0.870. The highest BCUT2D eigenvalue weighted by Gasteiger charge is 2.27. The standard InChI is InChI=1S/C17H22N2O2S2/c1-2-16-10-11-17(22-16)23(20,21)18-13-15-9-6-12-19(15)14-7-4-3-5-8-14/h3-5,7-8,10-11,15,18H,2,6,9,12-13H2,1H3. The van der Waals surface area contributed by atoms with Gasteiger partial charge in [-0.15, -0.1) is 11.3 Å². The van der Waals surface area contributed by atoms with Crippen LogP contribution in [-0.2, 0) is 16.4 Å². The minimum absolute atomic E-state index is 0.220. The van der Waals surface area contributed by atoms with Crippen LogP contribution < -0.4 is 9.62 Å². The molecule has 1 fully saturated rings. The molecule has 6 heteroatoms. The molecule has 124 valence electrons. The topological polar surface area (TPSA) is 49.4 Å². The number of nitrogens with zero attached hydrogens (tertiary/aromatic N) is 1. The first-order valence-corrected chi connectivity index (χ1v) is 10.3. The number of rotatable bonds is 6. The first-order chi connectivity index (χ1) is 11.1. The van der Waals surface area contributed by atoms with Crippen LogP contribution in [0.3, 0.4) is 0 Å². The summed E-state index contributed by atoms with van der Waals surface area (Å²) in [7, 11) is -3.40. The summed E-state index contributed by atoms with van der Waals surface area (Å²) in [6.07, 6.45) is 2.98. The van der Waals surface area contributed by atoms with Gasteiger partial charge in [0, 0.05) is 29.7 Å². The summed E-state index contributed by atoms with van der Waals surface area (Å²) in [5.74, 6) is 0. The first kappa shape index (κ1) is 16.5. The molecule has 3 rings (SSSR count). The van der Waals surface area contributed by atoms with Crippen molar-refractivity contribution in [3.05, 3.63) is 47.3 Å². The van der Waals surface area contributed by atoms with E-state index in [0.29, 0.717) is 10.8 Å². The number of hydrogen-bond acceptors (Lipinski definition) is 4. The molecule has 1 atom stereocenters. The van der Waals surface area contributed by atoms with Gasteiger partial charge in [-0.2, -0.15) is 0 Å². The second-order valence-electron chi connectivity index (χ2n) is 5.75. The molecule has 0 spiro atoms. The van der Waals surface area contributed by atoms with Crippen LogP contribution in [0.4, 0.5) is 5.69 Å². The summed E-state index contributed by atoms with van der Waals surface area (Å²) < 4.78 is 28.1. The van der Waals surface area contributed by atoms with E-state index in [9.17, 15) is 8.42 Å². The Morgan fingerprint density at radius 3 is 2.70 bits per heavy atom. The number of anilines is 1. The average molecular weight is 351 g/mol. The summed E-state index contributed by atoms with van der Waals surface area (Å²) in [6, 6.07) is 14.0. The highest BCUT2D eigenvalue weighted by molar-refractivity contribution is 7.91. The zero-order valence-electron chi connectivity index (χ0n) is 13.2. The van der Waals surface area contributed by atoms with Crippen molar-refractivity contribution in [3.63, 3.8) is 0 Å². The van der Waals surface area contributed by atoms with Crippen molar-refractivity contribution in [1.29, 1.82) is 0 Å². The number of nitrogens with one attached hydrogen (secondary N) is 1. The van der Waals surface area contributed by atoms with Crippen LogP contribution in [0.25, 0.3) is 0 Å². The molecule has 0 radical (unpaired) electrons. The molecule has 1 saturated heterocycles. The molecule has 1 unspecified atom stereocenters. The van der Waals surface area contributed by atoms with Crippen LogP contribution >= 0.6 is 11.3 Å². The van der Waals surface area contributed by atoms with Crippen LogP contribution in [-0.4, -0.2) is 27.5 Å². The molecule has 1 aromatic heterocycles. The lowest BCUT2D eigenvalue weighted by Crippen LogP contribution is -2.40. The molecule has 0 bridgehead atoms. The molecule has 0 amide bonds. The van der Waals surface area contributed by atoms with E-state index in [1.807, 2.05) is 31.2 Å². The second kappa shape index (κ2) is 7.03. The highest BCUT2D eigenvalue weighted by Crippen LogP contribution is 2.26. The fourth-order valence-electron chi connectivity index (χ4n) is 2.98. The summed E-state index contributed by atoms with van der Waals surface area (Å²) >= 11 is 1.36. The van der Waals surface area contributed by atoms with Crippen molar-refractivity contribution >= 4 is 27.0 Å². The van der Waals surface area contributed by atoms with Crippen molar-refractivity contribution in [2.45, 2.75) is 36.4 Å². The second-order valence-corrected chi connectivity index (χ2v) is 8.91. The Labute approximate surface area is 142 Å². The van der Waals surface area contributed by atoms with Crippen LogP contribution in [0.2, 0.25) is 0 Å². The van der Waals surface area contributed by atoms with Crippen molar-refractivity contribution in [2.24, 2.45) is 0 Å². The number of hydrogen-bond donors (Lipinski definition) is 1. The van der Waals surface area contributed by atoms with Gasteiger partial charge in [0.2, 0.25) is 10.0 Å². The van der Waals surface area contributed by atoms with Gasteiger partial charge in [0.05, 0.1) is 0 Å². The lowest BCUT2D eigenvalue weighted by atomic mass is 10.2. The Morgan fingerprint density at radius 1 is 1.22 bits per heavy atom.